The molecule has 1 heterocycles. The Kier molecular flexibility index (Phi) is 9.20. The summed E-state index contributed by atoms with van der Waals surface area (Å²) in [5.74, 6) is 0. The number of rotatable bonds is 11. The third-order valence-corrected chi connectivity index (χ3v) is 3.45. The Balaban J connectivity index is 2.23. The summed E-state index contributed by atoms with van der Waals surface area (Å²) in [6.45, 7) is 12.3. The average Bonchev–Trinajstić information content (AvgIpc) is 2.49. The van der Waals surface area contributed by atoms with Crippen LogP contribution in [-0.2, 0) is 11.3 Å². The van der Waals surface area contributed by atoms with E-state index in [0.717, 1.165) is 45.8 Å². The van der Waals surface area contributed by atoms with Crippen LogP contribution in [0.4, 0.5) is 0 Å². The molecule has 0 aliphatic rings. The molecule has 0 aliphatic carbocycles. The van der Waals surface area contributed by atoms with Gasteiger partial charge >= 0.3 is 0 Å². The first-order valence-electron chi connectivity index (χ1n) is 7.69. The van der Waals surface area contributed by atoms with Gasteiger partial charge in [-0.1, -0.05) is 6.92 Å². The number of aromatic nitrogens is 1. The molecule has 0 saturated heterocycles. The molecule has 114 valence electrons. The van der Waals surface area contributed by atoms with E-state index in [0.29, 0.717) is 6.04 Å². The maximum Gasteiger partial charge on any atom is 0.0477 e. The minimum atomic E-state index is 0.528. The van der Waals surface area contributed by atoms with Crippen molar-refractivity contribution in [2.45, 2.75) is 39.8 Å². The number of likely N-dealkylation sites (N-methyl/N-ethyl adjacent to an activating group) is 1. The van der Waals surface area contributed by atoms with E-state index in [1.807, 2.05) is 19.3 Å². The summed E-state index contributed by atoms with van der Waals surface area (Å²) in [6, 6.07) is 4.70. The zero-order valence-electron chi connectivity index (χ0n) is 13.1. The van der Waals surface area contributed by atoms with Crippen LogP contribution in [0, 0.1) is 0 Å². The Bertz CT molecular complexity index is 332. The first-order chi connectivity index (χ1) is 9.77. The largest absolute Gasteiger partial charge is 0.382 e. The second-order valence-electron chi connectivity index (χ2n) is 5.02. The van der Waals surface area contributed by atoms with Crippen molar-refractivity contribution in [2.75, 3.05) is 32.8 Å². The van der Waals surface area contributed by atoms with Gasteiger partial charge in [0.1, 0.15) is 0 Å². The third-order valence-electron chi connectivity index (χ3n) is 3.45. The summed E-state index contributed by atoms with van der Waals surface area (Å²) in [7, 11) is 0. The number of pyridine rings is 1. The highest BCUT2D eigenvalue weighted by molar-refractivity contribution is 5.09. The lowest BCUT2D eigenvalue weighted by Gasteiger charge is -2.28. The predicted molar refractivity (Wildman–Crippen MR) is 83.8 cm³/mol. The van der Waals surface area contributed by atoms with Crippen LogP contribution in [-0.4, -0.2) is 48.8 Å². The molecule has 1 unspecified atom stereocenters. The molecule has 1 aromatic heterocycles. The van der Waals surface area contributed by atoms with Crippen molar-refractivity contribution in [1.82, 2.24) is 15.2 Å². The molecule has 1 aromatic rings. The number of nitrogens with zero attached hydrogens (tertiary/aromatic N) is 2. The fourth-order valence-electron chi connectivity index (χ4n) is 2.19. The SMILES string of the molecule is CCOCCCNCC(C)N(CC)Cc1ccncc1. The van der Waals surface area contributed by atoms with Gasteiger partial charge in [0.05, 0.1) is 0 Å². The van der Waals surface area contributed by atoms with Gasteiger partial charge in [0, 0.05) is 44.7 Å². The van der Waals surface area contributed by atoms with Gasteiger partial charge in [-0.15, -0.1) is 0 Å². The molecule has 1 rings (SSSR count). The standard InChI is InChI=1S/C16H29N3O/c1-4-19(14-16-7-10-17-11-8-16)15(3)13-18-9-6-12-20-5-2/h7-8,10-11,15,18H,4-6,9,12-14H2,1-3H3. The quantitative estimate of drug-likeness (QED) is 0.631. The summed E-state index contributed by atoms with van der Waals surface area (Å²) in [4.78, 5) is 6.54. The number of nitrogens with one attached hydrogen (secondary N) is 1. The van der Waals surface area contributed by atoms with Crippen LogP contribution in [0.5, 0.6) is 0 Å². The highest BCUT2D eigenvalue weighted by atomic mass is 16.5. The van der Waals surface area contributed by atoms with Crippen LogP contribution in [0.3, 0.4) is 0 Å². The van der Waals surface area contributed by atoms with Gasteiger partial charge in [-0.3, -0.25) is 9.88 Å². The minimum Gasteiger partial charge on any atom is -0.382 e. The second-order valence-corrected chi connectivity index (χ2v) is 5.02. The zero-order chi connectivity index (χ0) is 14.6. The van der Waals surface area contributed by atoms with Crippen LogP contribution in [0.25, 0.3) is 0 Å². The van der Waals surface area contributed by atoms with Crippen molar-refractivity contribution < 1.29 is 4.74 Å². The molecular formula is C16H29N3O. The van der Waals surface area contributed by atoms with Crippen molar-refractivity contribution >= 4 is 0 Å². The topological polar surface area (TPSA) is 37.4 Å². The first-order valence-corrected chi connectivity index (χ1v) is 7.69. The van der Waals surface area contributed by atoms with Gasteiger partial charge in [-0.2, -0.15) is 0 Å². The molecule has 4 heteroatoms. The zero-order valence-corrected chi connectivity index (χ0v) is 13.1. The van der Waals surface area contributed by atoms with E-state index >= 15 is 0 Å². The maximum atomic E-state index is 5.33. The highest BCUT2D eigenvalue weighted by Gasteiger charge is 2.11. The molecule has 0 bridgehead atoms. The molecule has 0 amide bonds. The monoisotopic (exact) mass is 279 g/mol. The minimum absolute atomic E-state index is 0.528. The summed E-state index contributed by atoms with van der Waals surface area (Å²) in [5.41, 5.74) is 1.32. The maximum absolute atomic E-state index is 5.33. The van der Waals surface area contributed by atoms with E-state index in [1.165, 1.54) is 5.56 Å². The molecule has 0 spiro atoms. The Morgan fingerprint density at radius 1 is 1.30 bits per heavy atom. The molecule has 4 nitrogen and oxygen atoms in total. The molecule has 0 saturated carbocycles. The normalized spacial score (nSPS) is 12.8. The summed E-state index contributed by atoms with van der Waals surface area (Å²) >= 11 is 0. The molecule has 0 fully saturated rings. The smallest absolute Gasteiger partial charge is 0.0477 e. The molecule has 0 aromatic carbocycles. The Labute approximate surface area is 123 Å². The fourth-order valence-corrected chi connectivity index (χ4v) is 2.19. The Morgan fingerprint density at radius 2 is 2.05 bits per heavy atom. The van der Waals surface area contributed by atoms with Crippen molar-refractivity contribution in [1.29, 1.82) is 0 Å². The van der Waals surface area contributed by atoms with Gasteiger partial charge in [0.15, 0.2) is 0 Å². The van der Waals surface area contributed by atoms with E-state index in [1.54, 1.807) is 0 Å². The van der Waals surface area contributed by atoms with Crippen molar-refractivity contribution in [3.05, 3.63) is 30.1 Å². The Morgan fingerprint density at radius 3 is 2.70 bits per heavy atom. The third kappa shape index (κ3) is 6.98. The lowest BCUT2D eigenvalue weighted by Crippen LogP contribution is -2.40. The highest BCUT2D eigenvalue weighted by Crippen LogP contribution is 2.06. The van der Waals surface area contributed by atoms with Crippen LogP contribution in [0.1, 0.15) is 32.8 Å². The van der Waals surface area contributed by atoms with E-state index in [4.69, 9.17) is 4.74 Å². The van der Waals surface area contributed by atoms with E-state index in [-0.39, 0.29) is 0 Å². The lowest BCUT2D eigenvalue weighted by molar-refractivity contribution is 0.143. The summed E-state index contributed by atoms with van der Waals surface area (Å²) in [6.07, 6.45) is 4.80. The Hall–Kier alpha value is -0.970. The second kappa shape index (κ2) is 10.8. The molecule has 1 N–H and O–H groups in total. The van der Waals surface area contributed by atoms with Crippen LogP contribution >= 0.6 is 0 Å². The number of ether oxygens (including phenoxy) is 1. The van der Waals surface area contributed by atoms with Crippen molar-refractivity contribution in [3.8, 4) is 0 Å². The molecule has 20 heavy (non-hydrogen) atoms. The molecule has 0 aliphatic heterocycles. The van der Waals surface area contributed by atoms with Gasteiger partial charge in [0.25, 0.3) is 0 Å². The van der Waals surface area contributed by atoms with Crippen LogP contribution < -0.4 is 5.32 Å². The lowest BCUT2D eigenvalue weighted by atomic mass is 10.2. The van der Waals surface area contributed by atoms with Crippen LogP contribution in [0.2, 0.25) is 0 Å². The van der Waals surface area contributed by atoms with Gasteiger partial charge in [0.2, 0.25) is 0 Å². The van der Waals surface area contributed by atoms with Crippen LogP contribution in [0.15, 0.2) is 24.5 Å². The van der Waals surface area contributed by atoms with E-state index in [9.17, 15) is 0 Å². The fraction of sp³-hybridized carbons (Fsp3) is 0.688. The van der Waals surface area contributed by atoms with E-state index in [2.05, 4.69) is 41.2 Å². The predicted octanol–water partition coefficient (Wildman–Crippen LogP) is 2.31. The van der Waals surface area contributed by atoms with Gasteiger partial charge in [-0.05, 0) is 51.1 Å². The molecule has 1 atom stereocenters. The van der Waals surface area contributed by atoms with Gasteiger partial charge in [-0.25, -0.2) is 0 Å². The summed E-state index contributed by atoms with van der Waals surface area (Å²) < 4.78 is 5.33. The first kappa shape index (κ1) is 17.1. The van der Waals surface area contributed by atoms with Gasteiger partial charge < -0.3 is 10.1 Å². The average molecular weight is 279 g/mol. The molecular weight excluding hydrogens is 250 g/mol. The number of hydrogen-bond acceptors (Lipinski definition) is 4. The summed E-state index contributed by atoms with van der Waals surface area (Å²) in [5, 5.41) is 3.51. The molecule has 0 radical (unpaired) electrons. The van der Waals surface area contributed by atoms with E-state index < -0.39 is 0 Å². The number of hydrogen-bond donors (Lipinski definition) is 1. The van der Waals surface area contributed by atoms with Crippen molar-refractivity contribution in [2.24, 2.45) is 0 Å². The van der Waals surface area contributed by atoms with Crippen molar-refractivity contribution in [3.63, 3.8) is 0 Å².